The molecule has 1 saturated heterocycles. The molecule has 1 aliphatic heterocycles. The number of aliphatic carboxylic acids is 1. The van der Waals surface area contributed by atoms with Crippen molar-refractivity contribution < 1.29 is 14.7 Å². The molecule has 2 rings (SSSR count). The smallest absolute Gasteiger partial charge is 0.327 e. The number of carboxylic acid groups (broad SMARTS) is 1. The molecule has 2 amide bonds. The minimum Gasteiger partial charge on any atom is -0.480 e. The first-order valence-electron chi connectivity index (χ1n) is 5.83. The summed E-state index contributed by atoms with van der Waals surface area (Å²) in [4.78, 5) is 24.8. The van der Waals surface area contributed by atoms with Crippen LogP contribution in [0.15, 0.2) is 5.51 Å². The highest BCUT2D eigenvalue weighted by Gasteiger charge is 2.41. The molecule has 0 radical (unpaired) electrons. The Morgan fingerprint density at radius 2 is 2.42 bits per heavy atom. The number of hydrogen-bond acceptors (Lipinski definition) is 6. The summed E-state index contributed by atoms with van der Waals surface area (Å²) in [6.45, 7) is 2.01. The fourth-order valence-electron chi connectivity index (χ4n) is 1.88. The molecular formula is C10H14N4O3S2. The van der Waals surface area contributed by atoms with Gasteiger partial charge in [0.05, 0.1) is 5.37 Å². The molecule has 1 aromatic heterocycles. The van der Waals surface area contributed by atoms with Crippen LogP contribution in [0, 0.1) is 0 Å². The maximum Gasteiger partial charge on any atom is 0.327 e. The lowest BCUT2D eigenvalue weighted by Crippen LogP contribution is -2.47. The Hall–Kier alpha value is -1.35. The Morgan fingerprint density at radius 1 is 1.63 bits per heavy atom. The normalized spacial score (nSPS) is 22.5. The number of rotatable bonds is 4. The standard InChI is InChI=1S/C10H14N4O3S2/c1-2-3-7-14(6(4-18-7)8(15)16)10(17)12-9-13-11-5-19-9/h5-7H,2-4H2,1H3,(H,15,16)(H,12,13,17). The van der Waals surface area contributed by atoms with Gasteiger partial charge in [0, 0.05) is 5.75 Å². The van der Waals surface area contributed by atoms with E-state index in [1.54, 1.807) is 0 Å². The number of amides is 2. The first-order chi connectivity index (χ1) is 9.13. The zero-order chi connectivity index (χ0) is 13.8. The van der Waals surface area contributed by atoms with Gasteiger partial charge in [0.2, 0.25) is 5.13 Å². The van der Waals surface area contributed by atoms with Crippen LogP contribution in [-0.2, 0) is 4.79 Å². The van der Waals surface area contributed by atoms with Crippen LogP contribution in [0.1, 0.15) is 19.8 Å². The van der Waals surface area contributed by atoms with Crippen LogP contribution in [-0.4, -0.2) is 49.4 Å². The van der Waals surface area contributed by atoms with Gasteiger partial charge in [0.1, 0.15) is 11.6 Å². The molecule has 0 bridgehead atoms. The third kappa shape index (κ3) is 3.16. The van der Waals surface area contributed by atoms with Gasteiger partial charge >= 0.3 is 12.0 Å². The molecule has 0 aromatic carbocycles. The minimum atomic E-state index is -0.974. The summed E-state index contributed by atoms with van der Waals surface area (Å²) in [7, 11) is 0. The average Bonchev–Trinajstić information content (AvgIpc) is 2.98. The Morgan fingerprint density at radius 3 is 3.00 bits per heavy atom. The van der Waals surface area contributed by atoms with Crippen LogP contribution in [0.25, 0.3) is 0 Å². The number of nitrogens with zero attached hydrogens (tertiary/aromatic N) is 3. The second kappa shape index (κ2) is 6.20. The quantitative estimate of drug-likeness (QED) is 0.879. The van der Waals surface area contributed by atoms with Crippen molar-refractivity contribution in [3.05, 3.63) is 5.51 Å². The van der Waals surface area contributed by atoms with E-state index in [2.05, 4.69) is 15.5 Å². The molecule has 2 unspecified atom stereocenters. The van der Waals surface area contributed by atoms with Crippen LogP contribution in [0.5, 0.6) is 0 Å². The van der Waals surface area contributed by atoms with E-state index >= 15 is 0 Å². The predicted molar refractivity (Wildman–Crippen MR) is 73.3 cm³/mol. The van der Waals surface area contributed by atoms with Gasteiger partial charge in [-0.1, -0.05) is 24.7 Å². The van der Waals surface area contributed by atoms with Crippen LogP contribution in [0.4, 0.5) is 9.93 Å². The Labute approximate surface area is 118 Å². The second-order valence-corrected chi connectivity index (χ2v) is 6.06. The molecule has 1 aromatic rings. The van der Waals surface area contributed by atoms with Crippen LogP contribution in [0.3, 0.4) is 0 Å². The van der Waals surface area contributed by atoms with E-state index in [0.717, 1.165) is 12.8 Å². The third-order valence-electron chi connectivity index (χ3n) is 2.72. The number of thioether (sulfide) groups is 1. The van der Waals surface area contributed by atoms with Crippen molar-refractivity contribution in [2.75, 3.05) is 11.1 Å². The topological polar surface area (TPSA) is 95.4 Å². The number of hydrogen-bond donors (Lipinski definition) is 2. The van der Waals surface area contributed by atoms with Crippen molar-refractivity contribution >= 4 is 40.2 Å². The van der Waals surface area contributed by atoms with Gasteiger partial charge in [0.15, 0.2) is 0 Å². The number of carbonyl (C=O) groups is 2. The fourth-order valence-corrected chi connectivity index (χ4v) is 3.83. The van der Waals surface area contributed by atoms with Crippen LogP contribution >= 0.6 is 23.1 Å². The van der Waals surface area contributed by atoms with E-state index in [1.165, 1.54) is 33.5 Å². The lowest BCUT2D eigenvalue weighted by molar-refractivity contribution is -0.141. The molecule has 0 spiro atoms. The molecule has 7 nitrogen and oxygen atoms in total. The van der Waals surface area contributed by atoms with Gasteiger partial charge in [-0.3, -0.25) is 10.2 Å². The summed E-state index contributed by atoms with van der Waals surface area (Å²) in [6.07, 6.45) is 1.67. The molecule has 0 aliphatic carbocycles. The summed E-state index contributed by atoms with van der Waals surface area (Å²) in [5, 5.41) is 19.4. The monoisotopic (exact) mass is 302 g/mol. The molecule has 1 fully saturated rings. The lowest BCUT2D eigenvalue weighted by atomic mass is 10.2. The molecule has 2 heterocycles. The molecule has 9 heteroatoms. The SMILES string of the molecule is CCCC1SCC(C(=O)O)N1C(=O)Nc1nncs1. The molecular weight excluding hydrogens is 288 g/mol. The van der Waals surface area contributed by atoms with Gasteiger partial charge in [-0.05, 0) is 6.42 Å². The van der Waals surface area contributed by atoms with Gasteiger partial charge < -0.3 is 5.11 Å². The average molecular weight is 302 g/mol. The van der Waals surface area contributed by atoms with E-state index < -0.39 is 18.0 Å². The number of anilines is 1. The minimum absolute atomic E-state index is 0.0981. The summed E-state index contributed by atoms with van der Waals surface area (Å²) in [5.41, 5.74) is 1.51. The molecule has 2 atom stereocenters. The highest BCUT2D eigenvalue weighted by atomic mass is 32.2. The summed E-state index contributed by atoms with van der Waals surface area (Å²) in [5.74, 6) is -0.553. The zero-order valence-corrected chi connectivity index (χ0v) is 11.9. The van der Waals surface area contributed by atoms with E-state index in [1.807, 2.05) is 6.92 Å². The number of aromatic nitrogens is 2. The van der Waals surface area contributed by atoms with Crippen molar-refractivity contribution in [2.45, 2.75) is 31.2 Å². The number of carboxylic acids is 1. The van der Waals surface area contributed by atoms with Crippen molar-refractivity contribution in [1.29, 1.82) is 0 Å². The van der Waals surface area contributed by atoms with E-state index in [-0.39, 0.29) is 5.37 Å². The van der Waals surface area contributed by atoms with Crippen molar-refractivity contribution in [3.63, 3.8) is 0 Å². The summed E-state index contributed by atoms with van der Waals surface area (Å²) >= 11 is 2.70. The summed E-state index contributed by atoms with van der Waals surface area (Å²) in [6, 6.07) is -1.21. The Kier molecular flexibility index (Phi) is 4.59. The van der Waals surface area contributed by atoms with Crippen molar-refractivity contribution in [3.8, 4) is 0 Å². The van der Waals surface area contributed by atoms with E-state index in [0.29, 0.717) is 10.9 Å². The Balaban J connectivity index is 2.11. The van der Waals surface area contributed by atoms with Crippen molar-refractivity contribution in [1.82, 2.24) is 15.1 Å². The lowest BCUT2D eigenvalue weighted by Gasteiger charge is -2.26. The molecule has 0 saturated carbocycles. The van der Waals surface area contributed by atoms with Gasteiger partial charge in [-0.2, -0.15) is 0 Å². The van der Waals surface area contributed by atoms with Gasteiger partial charge in [0.25, 0.3) is 0 Å². The molecule has 104 valence electrons. The van der Waals surface area contributed by atoms with E-state index in [4.69, 9.17) is 0 Å². The van der Waals surface area contributed by atoms with Gasteiger partial charge in [-0.15, -0.1) is 22.0 Å². The molecule has 19 heavy (non-hydrogen) atoms. The Bertz CT molecular complexity index is 454. The second-order valence-electron chi connectivity index (χ2n) is 4.01. The number of urea groups is 1. The van der Waals surface area contributed by atoms with E-state index in [9.17, 15) is 14.7 Å². The number of carbonyl (C=O) groups excluding carboxylic acids is 1. The predicted octanol–water partition coefficient (Wildman–Crippen LogP) is 1.70. The largest absolute Gasteiger partial charge is 0.480 e. The van der Waals surface area contributed by atoms with Crippen molar-refractivity contribution in [2.24, 2.45) is 0 Å². The molecule has 2 N–H and O–H groups in total. The highest BCUT2D eigenvalue weighted by molar-refractivity contribution is 8.00. The first-order valence-corrected chi connectivity index (χ1v) is 7.76. The number of nitrogens with one attached hydrogen (secondary N) is 1. The maximum absolute atomic E-state index is 12.2. The third-order valence-corrected chi connectivity index (χ3v) is 4.68. The summed E-state index contributed by atoms with van der Waals surface area (Å²) < 4.78 is 0. The van der Waals surface area contributed by atoms with Gasteiger partial charge in [-0.25, -0.2) is 9.59 Å². The maximum atomic E-state index is 12.2. The highest BCUT2D eigenvalue weighted by Crippen LogP contribution is 2.32. The zero-order valence-electron chi connectivity index (χ0n) is 10.3. The van der Waals surface area contributed by atoms with Crippen LogP contribution < -0.4 is 5.32 Å². The van der Waals surface area contributed by atoms with Crippen LogP contribution in [0.2, 0.25) is 0 Å². The fraction of sp³-hybridized carbons (Fsp3) is 0.600. The first kappa shape index (κ1) is 14.1. The molecule has 1 aliphatic rings.